The number of aliphatic carboxylic acids is 1. The number of carboxylic acid groups (broad SMARTS) is 1. The Morgan fingerprint density at radius 3 is 2.60 bits per heavy atom. The van der Waals surface area contributed by atoms with E-state index < -0.39 is 12.0 Å². The minimum Gasteiger partial charge on any atom is -0.480 e. The number of carboxylic acids is 1. The lowest BCUT2D eigenvalue weighted by molar-refractivity contribution is -0.140. The molecule has 1 rings (SSSR count). The van der Waals surface area contributed by atoms with Crippen molar-refractivity contribution in [2.75, 3.05) is 6.61 Å². The van der Waals surface area contributed by atoms with Gasteiger partial charge in [-0.25, -0.2) is 0 Å². The van der Waals surface area contributed by atoms with Crippen LogP contribution in [0.4, 0.5) is 0 Å². The van der Waals surface area contributed by atoms with Gasteiger partial charge in [-0.05, 0) is 12.5 Å². The Labute approximate surface area is 88.7 Å². The van der Waals surface area contributed by atoms with Crippen LogP contribution in [-0.2, 0) is 9.53 Å². The number of nitrogens with two attached hydrogens (primary N) is 1. The van der Waals surface area contributed by atoms with Gasteiger partial charge in [0.1, 0.15) is 6.04 Å². The summed E-state index contributed by atoms with van der Waals surface area (Å²) in [5, 5.41) is 8.56. The maximum absolute atomic E-state index is 10.4. The number of carbonyl (C=O) groups is 1. The van der Waals surface area contributed by atoms with Crippen LogP contribution in [-0.4, -0.2) is 23.7 Å². The van der Waals surface area contributed by atoms with Gasteiger partial charge >= 0.3 is 5.97 Å². The predicted octanol–water partition coefficient (Wildman–Crippen LogP) is 1.18. The Hall–Kier alpha value is -1.39. The lowest BCUT2D eigenvalue weighted by Crippen LogP contribution is -2.35. The first-order valence-corrected chi connectivity index (χ1v) is 4.76. The van der Waals surface area contributed by atoms with Gasteiger partial charge in [0.25, 0.3) is 0 Å². The third kappa shape index (κ3) is 3.69. The first kappa shape index (κ1) is 11.7. The number of rotatable bonds is 5. The molecular formula is C11H15NO3. The fourth-order valence-electron chi connectivity index (χ4n) is 1.14. The maximum atomic E-state index is 10.4. The van der Waals surface area contributed by atoms with E-state index in [0.29, 0.717) is 0 Å². The average molecular weight is 209 g/mol. The smallest absolute Gasteiger partial charge is 0.322 e. The molecule has 2 atom stereocenters. The van der Waals surface area contributed by atoms with Crippen LogP contribution < -0.4 is 5.73 Å². The van der Waals surface area contributed by atoms with E-state index in [4.69, 9.17) is 15.6 Å². The van der Waals surface area contributed by atoms with Crippen molar-refractivity contribution in [3.05, 3.63) is 35.9 Å². The van der Waals surface area contributed by atoms with Crippen LogP contribution in [0.15, 0.2) is 30.3 Å². The Morgan fingerprint density at radius 1 is 1.47 bits per heavy atom. The van der Waals surface area contributed by atoms with E-state index in [2.05, 4.69) is 0 Å². The summed E-state index contributed by atoms with van der Waals surface area (Å²) in [6.45, 7) is 1.88. The Morgan fingerprint density at radius 2 is 2.07 bits per heavy atom. The Balaban J connectivity index is 2.43. The summed E-state index contributed by atoms with van der Waals surface area (Å²) in [4.78, 5) is 10.4. The zero-order chi connectivity index (χ0) is 11.3. The first-order chi connectivity index (χ1) is 7.11. The Kier molecular flexibility index (Phi) is 4.27. The number of hydrogen-bond donors (Lipinski definition) is 2. The number of benzene rings is 1. The van der Waals surface area contributed by atoms with Crippen molar-refractivity contribution >= 4 is 5.97 Å². The van der Waals surface area contributed by atoms with Crippen LogP contribution >= 0.6 is 0 Å². The molecule has 0 aliphatic carbocycles. The topological polar surface area (TPSA) is 72.5 Å². The van der Waals surface area contributed by atoms with E-state index in [1.165, 1.54) is 0 Å². The van der Waals surface area contributed by atoms with Gasteiger partial charge in [0, 0.05) is 0 Å². The van der Waals surface area contributed by atoms with Gasteiger partial charge in [0.05, 0.1) is 12.7 Å². The molecule has 1 aromatic carbocycles. The maximum Gasteiger partial charge on any atom is 0.322 e. The van der Waals surface area contributed by atoms with Gasteiger partial charge in [-0.3, -0.25) is 4.79 Å². The molecule has 82 valence electrons. The van der Waals surface area contributed by atoms with Crippen molar-refractivity contribution in [1.29, 1.82) is 0 Å². The molecule has 1 aromatic rings. The highest BCUT2D eigenvalue weighted by Crippen LogP contribution is 2.15. The average Bonchev–Trinajstić information content (AvgIpc) is 2.26. The minimum absolute atomic E-state index is 0.0192. The largest absolute Gasteiger partial charge is 0.480 e. The molecule has 0 radical (unpaired) electrons. The fourth-order valence-corrected chi connectivity index (χ4v) is 1.14. The molecule has 15 heavy (non-hydrogen) atoms. The van der Waals surface area contributed by atoms with E-state index >= 15 is 0 Å². The van der Waals surface area contributed by atoms with Crippen molar-refractivity contribution in [3.8, 4) is 0 Å². The zero-order valence-electron chi connectivity index (χ0n) is 8.59. The van der Waals surface area contributed by atoms with E-state index in [1.54, 1.807) is 0 Å². The molecule has 4 nitrogen and oxygen atoms in total. The van der Waals surface area contributed by atoms with E-state index in [-0.39, 0.29) is 12.7 Å². The molecule has 3 N–H and O–H groups in total. The summed E-state index contributed by atoms with van der Waals surface area (Å²) in [6.07, 6.45) is -0.142. The minimum atomic E-state index is -1.05. The van der Waals surface area contributed by atoms with Crippen molar-refractivity contribution in [2.45, 2.75) is 19.1 Å². The van der Waals surface area contributed by atoms with Gasteiger partial charge in [0.2, 0.25) is 0 Å². The van der Waals surface area contributed by atoms with Gasteiger partial charge < -0.3 is 15.6 Å². The second-order valence-corrected chi connectivity index (χ2v) is 3.33. The molecule has 0 heterocycles. The fraction of sp³-hybridized carbons (Fsp3) is 0.364. The van der Waals surface area contributed by atoms with E-state index in [9.17, 15) is 4.79 Å². The van der Waals surface area contributed by atoms with Gasteiger partial charge in [0.15, 0.2) is 0 Å². The number of hydrogen-bond acceptors (Lipinski definition) is 3. The standard InChI is InChI=1S/C11H15NO3/c1-8(9-5-3-2-4-6-9)15-7-10(12)11(13)14/h2-6,8,10H,7,12H2,1H3,(H,13,14). The SMILES string of the molecule is CC(OCC(N)C(=O)O)c1ccccc1. The second kappa shape index (κ2) is 5.48. The summed E-state index contributed by atoms with van der Waals surface area (Å²) in [5.41, 5.74) is 6.33. The third-order valence-electron chi connectivity index (χ3n) is 2.11. The molecule has 0 aromatic heterocycles. The molecule has 0 spiro atoms. The molecule has 0 saturated carbocycles. The summed E-state index contributed by atoms with van der Waals surface area (Å²) >= 11 is 0. The van der Waals surface area contributed by atoms with Gasteiger partial charge in [-0.1, -0.05) is 30.3 Å². The monoisotopic (exact) mass is 209 g/mol. The highest BCUT2D eigenvalue weighted by atomic mass is 16.5. The molecule has 0 bridgehead atoms. The van der Waals surface area contributed by atoms with E-state index in [0.717, 1.165) is 5.56 Å². The molecule has 2 unspecified atom stereocenters. The van der Waals surface area contributed by atoms with Crippen LogP contribution in [0, 0.1) is 0 Å². The first-order valence-electron chi connectivity index (χ1n) is 4.76. The zero-order valence-corrected chi connectivity index (χ0v) is 8.59. The van der Waals surface area contributed by atoms with Crippen molar-refractivity contribution in [1.82, 2.24) is 0 Å². The molecule has 0 aliphatic rings. The van der Waals surface area contributed by atoms with Crippen molar-refractivity contribution in [2.24, 2.45) is 5.73 Å². The predicted molar refractivity (Wildman–Crippen MR) is 56.4 cm³/mol. The normalized spacial score (nSPS) is 14.5. The summed E-state index contributed by atoms with van der Waals surface area (Å²) in [7, 11) is 0. The summed E-state index contributed by atoms with van der Waals surface area (Å²) in [5.74, 6) is -1.05. The third-order valence-corrected chi connectivity index (χ3v) is 2.11. The molecule has 0 aliphatic heterocycles. The van der Waals surface area contributed by atoms with Crippen LogP contribution in [0.25, 0.3) is 0 Å². The van der Waals surface area contributed by atoms with Gasteiger partial charge in [-0.15, -0.1) is 0 Å². The van der Waals surface area contributed by atoms with Crippen LogP contribution in [0.2, 0.25) is 0 Å². The number of ether oxygens (including phenoxy) is 1. The van der Waals surface area contributed by atoms with Crippen molar-refractivity contribution in [3.63, 3.8) is 0 Å². The van der Waals surface area contributed by atoms with E-state index in [1.807, 2.05) is 37.3 Å². The Bertz CT molecular complexity index is 313. The lowest BCUT2D eigenvalue weighted by atomic mass is 10.1. The molecule has 4 heteroatoms. The van der Waals surface area contributed by atoms with Crippen molar-refractivity contribution < 1.29 is 14.6 Å². The highest BCUT2D eigenvalue weighted by Gasteiger charge is 2.13. The van der Waals surface area contributed by atoms with Crippen LogP contribution in [0.3, 0.4) is 0 Å². The molecule has 0 saturated heterocycles. The van der Waals surface area contributed by atoms with Crippen LogP contribution in [0.5, 0.6) is 0 Å². The molecule has 0 fully saturated rings. The quantitative estimate of drug-likeness (QED) is 0.763. The molecular weight excluding hydrogens is 194 g/mol. The summed E-state index contributed by atoms with van der Waals surface area (Å²) < 4.78 is 5.35. The van der Waals surface area contributed by atoms with Crippen LogP contribution in [0.1, 0.15) is 18.6 Å². The highest BCUT2D eigenvalue weighted by molar-refractivity contribution is 5.73. The summed E-state index contributed by atoms with van der Waals surface area (Å²) in [6, 6.07) is 8.63. The molecule has 0 amide bonds. The second-order valence-electron chi connectivity index (χ2n) is 3.33. The van der Waals surface area contributed by atoms with Gasteiger partial charge in [-0.2, -0.15) is 0 Å². The lowest BCUT2D eigenvalue weighted by Gasteiger charge is -2.14.